The van der Waals surface area contributed by atoms with Crippen molar-refractivity contribution in [2.24, 2.45) is 7.05 Å². The summed E-state index contributed by atoms with van der Waals surface area (Å²) in [5.41, 5.74) is 1.14. The van der Waals surface area contributed by atoms with Crippen LogP contribution in [0, 0.1) is 0 Å². The van der Waals surface area contributed by atoms with Crippen LogP contribution < -0.4 is 25.2 Å². The number of piperidine rings is 1. The second-order valence-corrected chi connectivity index (χ2v) is 6.45. The normalized spacial score (nSPS) is 14.7. The molecule has 0 radical (unpaired) electrons. The van der Waals surface area contributed by atoms with E-state index in [9.17, 15) is 9.59 Å². The minimum absolute atomic E-state index is 0.0594. The number of nitrogens with zero attached hydrogens (tertiary/aromatic N) is 3. The Morgan fingerprint density at radius 3 is 2.59 bits per heavy atom. The third kappa shape index (κ3) is 4.05. The topological polar surface area (TPSA) is 85.7 Å². The number of hydrogen-bond acceptors (Lipinski definition) is 6. The van der Waals surface area contributed by atoms with Crippen LogP contribution in [0.1, 0.15) is 23.2 Å². The molecule has 27 heavy (non-hydrogen) atoms. The highest BCUT2D eigenvalue weighted by atomic mass is 16.5. The number of benzene rings is 1. The van der Waals surface area contributed by atoms with E-state index in [4.69, 9.17) is 9.47 Å². The first-order valence-corrected chi connectivity index (χ1v) is 8.83. The number of methoxy groups -OCH3 is 2. The van der Waals surface area contributed by atoms with E-state index in [2.05, 4.69) is 15.3 Å². The monoisotopic (exact) mass is 372 g/mol. The summed E-state index contributed by atoms with van der Waals surface area (Å²) in [7, 11) is 4.69. The Morgan fingerprint density at radius 2 is 1.96 bits per heavy atom. The summed E-state index contributed by atoms with van der Waals surface area (Å²) >= 11 is 0. The van der Waals surface area contributed by atoms with Gasteiger partial charge in [0.1, 0.15) is 0 Å². The summed E-state index contributed by atoms with van der Waals surface area (Å²) in [5.74, 6) is 0.777. The summed E-state index contributed by atoms with van der Waals surface area (Å²) in [6.45, 7) is 1.49. The fraction of sp³-hybridized carbons (Fsp3) is 0.421. The van der Waals surface area contributed by atoms with Gasteiger partial charge < -0.3 is 19.7 Å². The summed E-state index contributed by atoms with van der Waals surface area (Å²) in [6.07, 6.45) is 3.27. The first kappa shape index (κ1) is 18.8. The molecule has 0 aliphatic carbocycles. The van der Waals surface area contributed by atoms with Crippen LogP contribution in [0.5, 0.6) is 11.5 Å². The smallest absolute Gasteiger partial charge is 0.268 e. The number of ether oxygens (including phenoxy) is 2. The number of para-hydroxylation sites is 1. The minimum atomic E-state index is -0.181. The Hall–Kier alpha value is -3.03. The van der Waals surface area contributed by atoms with E-state index in [0.29, 0.717) is 17.1 Å². The Bertz CT molecular complexity index is 872. The Kier molecular flexibility index (Phi) is 5.63. The summed E-state index contributed by atoms with van der Waals surface area (Å²) in [5, 5.41) is 7.13. The summed E-state index contributed by atoms with van der Waals surface area (Å²) in [6, 6.07) is 6.89. The van der Waals surface area contributed by atoms with Crippen molar-refractivity contribution in [2.75, 3.05) is 32.2 Å². The van der Waals surface area contributed by atoms with Crippen molar-refractivity contribution >= 4 is 11.6 Å². The van der Waals surface area contributed by atoms with E-state index < -0.39 is 0 Å². The lowest BCUT2D eigenvalue weighted by atomic mass is 10.0. The number of amides is 1. The Balaban J connectivity index is 1.63. The molecular formula is C19H24N4O4. The fourth-order valence-electron chi connectivity index (χ4n) is 3.24. The molecule has 1 fully saturated rings. The predicted octanol–water partition coefficient (Wildman–Crippen LogP) is 1.20. The average Bonchev–Trinajstić information content (AvgIpc) is 2.69. The van der Waals surface area contributed by atoms with Crippen molar-refractivity contribution in [3.63, 3.8) is 0 Å². The lowest BCUT2D eigenvalue weighted by Gasteiger charge is -2.33. The molecule has 1 saturated heterocycles. The number of aromatic nitrogens is 2. The number of hydrogen-bond donors (Lipinski definition) is 1. The van der Waals surface area contributed by atoms with Gasteiger partial charge in [-0.2, -0.15) is 5.10 Å². The number of anilines is 1. The van der Waals surface area contributed by atoms with Gasteiger partial charge in [0.2, 0.25) is 0 Å². The standard InChI is InChI=1S/C19H24N4O4/c1-22-17(24)11-14(12-20-22)23-9-7-13(8-10-23)21-19(25)15-5-4-6-16(26-2)18(15)27-3/h4-6,11-13H,7-10H2,1-3H3,(H,21,25). The van der Waals surface area contributed by atoms with Crippen LogP contribution in [0.15, 0.2) is 35.3 Å². The van der Waals surface area contributed by atoms with E-state index in [-0.39, 0.29) is 17.5 Å². The van der Waals surface area contributed by atoms with Gasteiger partial charge in [-0.3, -0.25) is 9.59 Å². The van der Waals surface area contributed by atoms with Crippen molar-refractivity contribution in [3.05, 3.63) is 46.4 Å². The minimum Gasteiger partial charge on any atom is -0.493 e. The lowest BCUT2D eigenvalue weighted by molar-refractivity contribution is 0.0927. The number of nitrogens with one attached hydrogen (secondary N) is 1. The molecule has 2 heterocycles. The van der Waals surface area contributed by atoms with Gasteiger partial charge >= 0.3 is 0 Å². The van der Waals surface area contributed by atoms with Crippen molar-refractivity contribution in [1.29, 1.82) is 0 Å². The second-order valence-electron chi connectivity index (χ2n) is 6.45. The predicted molar refractivity (Wildman–Crippen MR) is 102 cm³/mol. The molecule has 3 rings (SSSR count). The van der Waals surface area contributed by atoms with Gasteiger partial charge in [-0.1, -0.05) is 6.07 Å². The van der Waals surface area contributed by atoms with E-state index in [1.54, 1.807) is 44.6 Å². The first-order chi connectivity index (χ1) is 13.0. The number of carbonyl (C=O) groups is 1. The van der Waals surface area contributed by atoms with Crippen LogP contribution in [0.2, 0.25) is 0 Å². The van der Waals surface area contributed by atoms with Crippen molar-refractivity contribution in [1.82, 2.24) is 15.1 Å². The zero-order valence-corrected chi connectivity index (χ0v) is 15.8. The third-order valence-electron chi connectivity index (χ3n) is 4.80. The van der Waals surface area contributed by atoms with Gasteiger partial charge in [0.05, 0.1) is 31.7 Å². The maximum Gasteiger partial charge on any atom is 0.268 e. The molecule has 1 N–H and O–H groups in total. The molecule has 8 heteroatoms. The molecule has 1 aliphatic rings. The third-order valence-corrected chi connectivity index (χ3v) is 4.80. The van der Waals surface area contributed by atoms with Crippen LogP contribution >= 0.6 is 0 Å². The molecule has 0 bridgehead atoms. The largest absolute Gasteiger partial charge is 0.493 e. The number of aryl methyl sites for hydroxylation is 1. The van der Waals surface area contributed by atoms with Crippen LogP contribution in [0.3, 0.4) is 0 Å². The highest BCUT2D eigenvalue weighted by molar-refractivity contribution is 5.98. The van der Waals surface area contributed by atoms with Gasteiger partial charge in [0, 0.05) is 32.2 Å². The van der Waals surface area contributed by atoms with Gasteiger partial charge in [0.25, 0.3) is 11.5 Å². The van der Waals surface area contributed by atoms with Crippen molar-refractivity contribution < 1.29 is 14.3 Å². The fourth-order valence-corrected chi connectivity index (χ4v) is 3.24. The van der Waals surface area contributed by atoms with E-state index >= 15 is 0 Å². The maximum absolute atomic E-state index is 12.7. The molecule has 0 spiro atoms. The SMILES string of the molecule is COc1cccc(C(=O)NC2CCN(c3cnn(C)c(=O)c3)CC2)c1OC. The van der Waals surface area contributed by atoms with Crippen LogP contribution in [0.4, 0.5) is 5.69 Å². The molecule has 0 saturated carbocycles. The van der Waals surface area contributed by atoms with E-state index in [1.165, 1.54) is 11.8 Å². The summed E-state index contributed by atoms with van der Waals surface area (Å²) in [4.78, 5) is 26.6. The van der Waals surface area contributed by atoms with Crippen molar-refractivity contribution in [2.45, 2.75) is 18.9 Å². The van der Waals surface area contributed by atoms with Gasteiger partial charge in [0.15, 0.2) is 11.5 Å². The Labute approximate surface area is 157 Å². The molecule has 0 atom stereocenters. The maximum atomic E-state index is 12.7. The molecule has 1 aliphatic heterocycles. The van der Waals surface area contributed by atoms with Crippen LogP contribution in [0.25, 0.3) is 0 Å². The van der Waals surface area contributed by atoms with Gasteiger partial charge in [-0.15, -0.1) is 0 Å². The average molecular weight is 372 g/mol. The molecule has 1 amide bonds. The molecule has 1 aromatic carbocycles. The molecule has 8 nitrogen and oxygen atoms in total. The first-order valence-electron chi connectivity index (χ1n) is 8.83. The quantitative estimate of drug-likeness (QED) is 0.849. The van der Waals surface area contributed by atoms with Crippen LogP contribution in [-0.2, 0) is 7.05 Å². The Morgan fingerprint density at radius 1 is 1.22 bits per heavy atom. The molecular weight excluding hydrogens is 348 g/mol. The molecule has 0 unspecified atom stereocenters. The summed E-state index contributed by atoms with van der Waals surface area (Å²) < 4.78 is 11.9. The zero-order valence-electron chi connectivity index (χ0n) is 15.8. The van der Waals surface area contributed by atoms with E-state index in [0.717, 1.165) is 31.6 Å². The van der Waals surface area contributed by atoms with E-state index in [1.807, 2.05) is 0 Å². The second kappa shape index (κ2) is 8.11. The highest BCUT2D eigenvalue weighted by Gasteiger charge is 2.24. The molecule has 144 valence electrons. The number of rotatable bonds is 5. The lowest BCUT2D eigenvalue weighted by Crippen LogP contribution is -2.45. The van der Waals surface area contributed by atoms with Crippen LogP contribution in [-0.4, -0.2) is 49.0 Å². The van der Waals surface area contributed by atoms with Crippen molar-refractivity contribution in [3.8, 4) is 11.5 Å². The highest BCUT2D eigenvalue weighted by Crippen LogP contribution is 2.30. The van der Waals surface area contributed by atoms with Gasteiger partial charge in [-0.25, -0.2) is 4.68 Å². The molecule has 1 aromatic heterocycles. The number of carbonyl (C=O) groups excluding carboxylic acids is 1. The zero-order chi connectivity index (χ0) is 19.4. The van der Waals surface area contributed by atoms with Gasteiger partial charge in [-0.05, 0) is 25.0 Å². The molecule has 2 aromatic rings.